The predicted octanol–water partition coefficient (Wildman–Crippen LogP) is 4.71. The SMILES string of the molecule is CSc1ccc(-c2csnc2-c2cc(C)c3c(c2)OCO3)cc1OP(=O)(O)O. The number of aryl methyl sites for hydroxylation is 1. The lowest BCUT2D eigenvalue weighted by atomic mass is 10.00. The number of benzene rings is 2. The van der Waals surface area contributed by atoms with Gasteiger partial charge in [-0.05, 0) is 60.1 Å². The molecule has 0 spiro atoms. The van der Waals surface area contributed by atoms with Crippen LogP contribution in [-0.4, -0.2) is 27.2 Å². The van der Waals surface area contributed by atoms with E-state index in [1.165, 1.54) is 23.3 Å². The number of fused-ring (bicyclic) bond motifs is 1. The van der Waals surface area contributed by atoms with Gasteiger partial charge in [-0.2, -0.15) is 4.37 Å². The molecule has 28 heavy (non-hydrogen) atoms. The van der Waals surface area contributed by atoms with E-state index in [-0.39, 0.29) is 12.5 Å². The summed E-state index contributed by atoms with van der Waals surface area (Å²) in [6.07, 6.45) is 1.81. The van der Waals surface area contributed by atoms with Crippen molar-refractivity contribution in [3.8, 4) is 39.6 Å². The fraction of sp³-hybridized carbons (Fsp3) is 0.167. The van der Waals surface area contributed by atoms with Gasteiger partial charge in [0.1, 0.15) is 5.75 Å². The summed E-state index contributed by atoms with van der Waals surface area (Å²) in [5.74, 6) is 1.55. The summed E-state index contributed by atoms with van der Waals surface area (Å²) in [6.45, 7) is 2.14. The van der Waals surface area contributed by atoms with E-state index < -0.39 is 7.82 Å². The second kappa shape index (κ2) is 7.42. The van der Waals surface area contributed by atoms with Gasteiger partial charge >= 0.3 is 7.82 Å². The minimum atomic E-state index is -4.67. The fourth-order valence-corrected chi connectivity index (χ4v) is 4.71. The smallest absolute Gasteiger partial charge is 0.454 e. The standard InChI is InChI=1S/C18H16NO6PS2/c1-10-5-12(7-15-18(10)24-9-23-15)17-13(8-28-19-17)11-3-4-16(27-2)14(6-11)25-26(20,21)22/h3-8H,9H2,1-2H3,(H2,20,21,22). The third-order valence-electron chi connectivity index (χ3n) is 4.19. The zero-order valence-electron chi connectivity index (χ0n) is 14.9. The summed E-state index contributed by atoms with van der Waals surface area (Å²) in [4.78, 5) is 19.1. The minimum absolute atomic E-state index is 0.136. The zero-order chi connectivity index (χ0) is 19.9. The molecule has 3 aromatic rings. The Morgan fingerprint density at radius 1 is 1.21 bits per heavy atom. The van der Waals surface area contributed by atoms with Crippen molar-refractivity contribution in [3.63, 3.8) is 0 Å². The highest BCUT2D eigenvalue weighted by Crippen LogP contribution is 2.45. The molecule has 0 saturated carbocycles. The number of hydrogen-bond donors (Lipinski definition) is 2. The Labute approximate surface area is 169 Å². The maximum absolute atomic E-state index is 11.3. The Hall–Kier alpha value is -2.03. The van der Waals surface area contributed by atoms with Gasteiger partial charge in [0.05, 0.1) is 5.69 Å². The first kappa shape index (κ1) is 19.3. The summed E-state index contributed by atoms with van der Waals surface area (Å²) in [7, 11) is -4.67. The molecule has 4 rings (SSSR count). The van der Waals surface area contributed by atoms with E-state index in [1.807, 2.05) is 36.8 Å². The minimum Gasteiger partial charge on any atom is -0.454 e. The zero-order valence-corrected chi connectivity index (χ0v) is 17.4. The number of phosphoric acid groups is 1. The van der Waals surface area contributed by atoms with Crippen molar-refractivity contribution in [2.45, 2.75) is 11.8 Å². The Bertz CT molecular complexity index is 1090. The van der Waals surface area contributed by atoms with Crippen LogP contribution in [0.2, 0.25) is 0 Å². The molecular weight excluding hydrogens is 421 g/mol. The summed E-state index contributed by atoms with van der Waals surface area (Å²) >= 11 is 2.65. The highest BCUT2D eigenvalue weighted by Gasteiger charge is 2.22. The largest absolute Gasteiger partial charge is 0.524 e. The van der Waals surface area contributed by atoms with Gasteiger partial charge < -0.3 is 14.0 Å². The van der Waals surface area contributed by atoms with E-state index in [4.69, 9.17) is 14.0 Å². The first-order valence-electron chi connectivity index (χ1n) is 8.14. The van der Waals surface area contributed by atoms with Crippen molar-refractivity contribution in [1.82, 2.24) is 4.37 Å². The van der Waals surface area contributed by atoms with Gasteiger partial charge in [-0.25, -0.2) is 4.57 Å². The van der Waals surface area contributed by atoms with Crippen LogP contribution < -0.4 is 14.0 Å². The second-order valence-electron chi connectivity index (χ2n) is 6.05. The van der Waals surface area contributed by atoms with E-state index in [9.17, 15) is 14.4 Å². The molecule has 1 aliphatic rings. The molecule has 146 valence electrons. The third-order valence-corrected chi connectivity index (χ3v) is 6.03. The van der Waals surface area contributed by atoms with Gasteiger partial charge in [0.2, 0.25) is 6.79 Å². The molecule has 2 heterocycles. The van der Waals surface area contributed by atoms with Gasteiger partial charge in [-0.3, -0.25) is 9.79 Å². The van der Waals surface area contributed by atoms with E-state index in [1.54, 1.807) is 12.1 Å². The lowest BCUT2D eigenvalue weighted by Crippen LogP contribution is -1.93. The van der Waals surface area contributed by atoms with Crippen LogP contribution in [0.4, 0.5) is 0 Å². The summed E-state index contributed by atoms with van der Waals surface area (Å²) in [5, 5.41) is 1.89. The molecule has 0 atom stereocenters. The van der Waals surface area contributed by atoms with Crippen LogP contribution >= 0.6 is 31.1 Å². The van der Waals surface area contributed by atoms with Crippen LogP contribution in [-0.2, 0) is 4.57 Å². The number of hydrogen-bond acceptors (Lipinski definition) is 7. The molecule has 0 fully saturated rings. The van der Waals surface area contributed by atoms with Crippen molar-refractivity contribution >= 4 is 31.1 Å². The van der Waals surface area contributed by atoms with Gasteiger partial charge in [0, 0.05) is 21.4 Å². The van der Waals surface area contributed by atoms with Gasteiger partial charge in [-0.1, -0.05) is 6.07 Å². The molecule has 0 radical (unpaired) electrons. The molecule has 1 aliphatic heterocycles. The van der Waals surface area contributed by atoms with Gasteiger partial charge in [-0.15, -0.1) is 11.8 Å². The molecule has 0 saturated heterocycles. The first-order valence-corrected chi connectivity index (χ1v) is 11.7. The van der Waals surface area contributed by atoms with Crippen molar-refractivity contribution in [2.75, 3.05) is 13.0 Å². The fourth-order valence-electron chi connectivity index (χ4n) is 3.02. The quantitative estimate of drug-likeness (QED) is 0.438. The molecule has 10 heteroatoms. The van der Waals surface area contributed by atoms with E-state index in [0.29, 0.717) is 10.6 Å². The Balaban J connectivity index is 1.79. The predicted molar refractivity (Wildman–Crippen MR) is 108 cm³/mol. The number of rotatable bonds is 5. The average Bonchev–Trinajstić information content (AvgIpc) is 3.29. The highest BCUT2D eigenvalue weighted by atomic mass is 32.2. The summed E-state index contributed by atoms with van der Waals surface area (Å²) in [6, 6.07) is 9.15. The van der Waals surface area contributed by atoms with Crippen LogP contribution in [0.3, 0.4) is 0 Å². The average molecular weight is 437 g/mol. The van der Waals surface area contributed by atoms with E-state index >= 15 is 0 Å². The van der Waals surface area contributed by atoms with E-state index in [2.05, 4.69) is 4.37 Å². The molecule has 1 aromatic heterocycles. The maximum atomic E-state index is 11.3. The molecule has 0 aliphatic carbocycles. The van der Waals surface area contributed by atoms with E-state index in [0.717, 1.165) is 33.7 Å². The van der Waals surface area contributed by atoms with Crippen molar-refractivity contribution in [1.29, 1.82) is 0 Å². The molecule has 2 aromatic carbocycles. The molecule has 7 nitrogen and oxygen atoms in total. The van der Waals surface area contributed by atoms with Gasteiger partial charge in [0.25, 0.3) is 0 Å². The normalized spacial score (nSPS) is 13.0. The number of thioether (sulfide) groups is 1. The summed E-state index contributed by atoms with van der Waals surface area (Å²) < 4.78 is 31.7. The molecule has 0 bridgehead atoms. The highest BCUT2D eigenvalue weighted by molar-refractivity contribution is 7.98. The molecule has 0 amide bonds. The number of aromatic nitrogens is 1. The molecule has 2 N–H and O–H groups in total. The third kappa shape index (κ3) is 3.76. The molecule has 0 unspecified atom stereocenters. The lowest BCUT2D eigenvalue weighted by molar-refractivity contribution is 0.173. The van der Waals surface area contributed by atoms with Crippen molar-refractivity contribution < 1.29 is 28.3 Å². The van der Waals surface area contributed by atoms with Crippen LogP contribution in [0, 0.1) is 6.92 Å². The number of ether oxygens (including phenoxy) is 2. The Morgan fingerprint density at radius 3 is 2.79 bits per heavy atom. The first-order chi connectivity index (χ1) is 13.4. The van der Waals surface area contributed by atoms with Crippen LogP contribution in [0.5, 0.6) is 17.2 Å². The topological polar surface area (TPSA) is 98.1 Å². The Morgan fingerprint density at radius 2 is 2.04 bits per heavy atom. The Kier molecular flexibility index (Phi) is 5.11. The number of nitrogens with zero attached hydrogens (tertiary/aromatic N) is 1. The monoisotopic (exact) mass is 437 g/mol. The molecular formula is C18H16NO6PS2. The van der Waals surface area contributed by atoms with Crippen molar-refractivity contribution in [3.05, 3.63) is 41.3 Å². The number of phosphoric ester groups is 1. The van der Waals surface area contributed by atoms with Crippen LogP contribution in [0.25, 0.3) is 22.4 Å². The maximum Gasteiger partial charge on any atom is 0.524 e. The second-order valence-corrected chi connectivity index (χ2v) is 8.69. The van der Waals surface area contributed by atoms with Crippen molar-refractivity contribution in [2.24, 2.45) is 0 Å². The van der Waals surface area contributed by atoms with Gasteiger partial charge in [0.15, 0.2) is 11.5 Å². The lowest BCUT2D eigenvalue weighted by Gasteiger charge is -2.13. The summed E-state index contributed by atoms with van der Waals surface area (Å²) in [5.41, 5.74) is 4.17. The van der Waals surface area contributed by atoms with Crippen LogP contribution in [0.15, 0.2) is 40.6 Å². The van der Waals surface area contributed by atoms with Crippen LogP contribution in [0.1, 0.15) is 5.56 Å².